The molecule has 1 atom stereocenters. The Bertz CT molecular complexity index is 2500. The first-order valence-electron chi connectivity index (χ1n) is 15.9. The first-order chi connectivity index (χ1) is 28.0. The number of fused-ring (bicyclic) bond motifs is 1. The van der Waals surface area contributed by atoms with Crippen molar-refractivity contribution < 1.29 is 60.2 Å². The number of aryl methyl sites for hydroxylation is 1. The molecule has 0 saturated carbocycles. The van der Waals surface area contributed by atoms with E-state index in [-0.39, 0.29) is 49.0 Å². The van der Waals surface area contributed by atoms with E-state index in [9.17, 15) is 46.0 Å². The number of hydrogen-bond donors (Lipinski definition) is 5. The summed E-state index contributed by atoms with van der Waals surface area (Å²) < 4.78 is 87.6. The average molecular weight is 1000 g/mol. The van der Waals surface area contributed by atoms with Gasteiger partial charge in [-0.3, -0.25) is 24.9 Å². The van der Waals surface area contributed by atoms with Gasteiger partial charge in [-0.15, -0.1) is 5.10 Å². The maximum atomic E-state index is 12.7. The quantitative estimate of drug-likeness (QED) is 0.0508. The van der Waals surface area contributed by atoms with E-state index < -0.39 is 69.7 Å². The number of hydrogen-bond acceptors (Lipinski definition) is 15. The molecule has 0 amide bonds. The molecule has 1 unspecified atom stereocenters. The van der Waals surface area contributed by atoms with Crippen LogP contribution in [0.2, 0.25) is 20.1 Å². The molecule has 31 heteroatoms. The number of ether oxygens (including phenoxy) is 2. The minimum Gasteiger partial charge on any atom is -0.778 e. The molecule has 0 bridgehead atoms. The minimum absolute atomic E-state index is 0.0111. The number of nitrogens with one attached hydrogen (secondary N) is 2. The van der Waals surface area contributed by atoms with E-state index in [1.807, 2.05) is 5.32 Å². The van der Waals surface area contributed by atoms with Crippen LogP contribution in [-0.4, -0.2) is 104 Å². The van der Waals surface area contributed by atoms with Crippen LogP contribution in [0.3, 0.4) is 0 Å². The topological polar surface area (TPSA) is 304 Å². The number of nitrogens with two attached hydrogens (primary N) is 1. The van der Waals surface area contributed by atoms with Crippen molar-refractivity contribution in [2.75, 3.05) is 56.3 Å². The largest absolute Gasteiger partial charge is 0.778 e. The van der Waals surface area contributed by atoms with E-state index in [0.29, 0.717) is 28.6 Å². The fourth-order valence-electron chi connectivity index (χ4n) is 4.00. The summed E-state index contributed by atoms with van der Waals surface area (Å²) >= 11 is 23.7. The van der Waals surface area contributed by atoms with E-state index >= 15 is 0 Å². The SMILES string of the molecule is COc1cc(OC)n2nc(S(=O)(=O)Nc3c(Cl)ccc(C)c3Cl)nc2n1.C[S+](C)C.Nc1c([N+](=O)[O-])cnn1-c1c(Cl)cc(C(F)(F)F)cc1Cl.O=C(O)CNCP(=O)([O-])O. The number of benzene rings is 2. The third-order valence-corrected chi connectivity index (χ3v) is 9.67. The van der Waals surface area contributed by atoms with Gasteiger partial charge in [0.2, 0.25) is 17.6 Å². The molecule has 61 heavy (non-hydrogen) atoms. The second kappa shape index (κ2) is 22.1. The van der Waals surface area contributed by atoms with Gasteiger partial charge in [0.05, 0.1) is 88.1 Å². The van der Waals surface area contributed by atoms with Crippen molar-refractivity contribution in [1.29, 1.82) is 0 Å². The van der Waals surface area contributed by atoms with E-state index in [0.717, 1.165) is 15.4 Å². The molecule has 0 saturated heterocycles. The molecule has 336 valence electrons. The number of methoxy groups -OCH3 is 2. The smallest absolute Gasteiger partial charge is 0.416 e. The van der Waals surface area contributed by atoms with Crippen molar-refractivity contribution in [2.24, 2.45) is 0 Å². The molecule has 0 spiro atoms. The molecular formula is C30H34Cl4F3N10O11PS2. The monoisotopic (exact) mass is 1000 g/mol. The lowest BCUT2D eigenvalue weighted by molar-refractivity contribution is -0.383. The highest BCUT2D eigenvalue weighted by molar-refractivity contribution is 7.94. The molecule has 3 heterocycles. The minimum atomic E-state index is -4.63. The summed E-state index contributed by atoms with van der Waals surface area (Å²) in [4.78, 5) is 45.6. The van der Waals surface area contributed by atoms with Crippen LogP contribution < -0.4 is 30.1 Å². The van der Waals surface area contributed by atoms with Crippen molar-refractivity contribution in [3.05, 3.63) is 77.9 Å². The summed E-state index contributed by atoms with van der Waals surface area (Å²) in [5.74, 6) is -1.18. The van der Waals surface area contributed by atoms with Gasteiger partial charge in [-0.1, -0.05) is 52.5 Å². The lowest BCUT2D eigenvalue weighted by atomic mass is 10.2. The molecule has 2 aromatic carbocycles. The standard InChI is InChI=1S/C14H13Cl2N5O4S.C10H5Cl2F3N4O2.C3H8NO5P.C3H9S/c1-7-4-5-8(15)12(11(7)16)20-26(22,23)14-18-13-17-9(24-2)6-10(25-3)21(13)19-14;11-5-1-4(10(13,14)15)2-6(12)8(5)18-9(16)7(3-17-18)19(20)21;5-3(6)1-4-2-10(7,8)9;1-4(2)3/h4-6,20H,1-3H3;1-3H,16H2;4H,1-2H2,(H,5,6)(H2,7,8,9);1-3H3/q;;;+1/p-1. The molecular weight excluding hydrogens is 970 g/mol. The number of aromatic nitrogens is 6. The van der Waals surface area contributed by atoms with Crippen molar-refractivity contribution in [3.63, 3.8) is 0 Å². The predicted molar refractivity (Wildman–Crippen MR) is 221 cm³/mol. The number of nitro groups is 1. The zero-order valence-electron chi connectivity index (χ0n) is 32.1. The summed E-state index contributed by atoms with van der Waals surface area (Å²) in [5.41, 5.74) is 4.48. The second-order valence-corrected chi connectivity index (χ2v) is 19.0. The number of rotatable bonds is 11. The normalized spacial score (nSPS) is 12.2. The van der Waals surface area contributed by atoms with Gasteiger partial charge in [-0.25, -0.2) is 4.68 Å². The first-order valence-corrected chi connectivity index (χ1v) is 23.1. The van der Waals surface area contributed by atoms with E-state index in [1.165, 1.54) is 26.4 Å². The third-order valence-electron chi connectivity index (χ3n) is 6.54. The van der Waals surface area contributed by atoms with Crippen LogP contribution >= 0.6 is 54.0 Å². The number of carboxylic acid groups (broad SMARTS) is 1. The van der Waals surface area contributed by atoms with Crippen LogP contribution in [0, 0.1) is 17.0 Å². The van der Waals surface area contributed by atoms with Gasteiger partial charge in [-0.05, 0) is 41.6 Å². The third kappa shape index (κ3) is 15.5. The lowest BCUT2D eigenvalue weighted by Crippen LogP contribution is -2.25. The second-order valence-electron chi connectivity index (χ2n) is 11.8. The molecule has 5 rings (SSSR count). The van der Waals surface area contributed by atoms with Crippen molar-refractivity contribution in [1.82, 2.24) is 34.7 Å². The predicted octanol–water partition coefficient (Wildman–Crippen LogP) is 4.90. The first kappa shape index (κ1) is 52.8. The van der Waals surface area contributed by atoms with Crippen molar-refractivity contribution in [3.8, 4) is 17.4 Å². The summed E-state index contributed by atoms with van der Waals surface area (Å²) in [6, 6.07) is 5.92. The Balaban J connectivity index is 0.000000326. The summed E-state index contributed by atoms with van der Waals surface area (Å²) in [5, 5.41) is 27.2. The Morgan fingerprint density at radius 3 is 2.10 bits per heavy atom. The number of aliphatic carboxylic acids is 1. The van der Waals surface area contributed by atoms with E-state index in [1.54, 1.807) is 13.0 Å². The van der Waals surface area contributed by atoms with Gasteiger partial charge in [0.15, 0.2) is 0 Å². The van der Waals surface area contributed by atoms with Gasteiger partial charge in [0.1, 0.15) is 19.5 Å². The van der Waals surface area contributed by atoms with Gasteiger partial charge >= 0.3 is 17.8 Å². The van der Waals surface area contributed by atoms with Crippen LogP contribution in [0.5, 0.6) is 11.8 Å². The van der Waals surface area contributed by atoms with Crippen molar-refractivity contribution in [2.45, 2.75) is 18.3 Å². The Labute approximate surface area is 367 Å². The Morgan fingerprint density at radius 1 is 1.07 bits per heavy atom. The number of anilines is 2. The maximum Gasteiger partial charge on any atom is 0.416 e. The summed E-state index contributed by atoms with van der Waals surface area (Å²) in [7, 11) is -5.08. The zero-order valence-corrected chi connectivity index (χ0v) is 37.6. The molecule has 0 radical (unpaired) electrons. The zero-order chi connectivity index (χ0) is 46.8. The number of nitrogens with zero attached hydrogens (tertiary/aromatic N) is 7. The molecule has 6 N–H and O–H groups in total. The number of sulfonamides is 1. The van der Waals surface area contributed by atoms with Gasteiger partial charge < -0.3 is 34.7 Å². The molecule has 0 aliphatic carbocycles. The maximum absolute atomic E-state index is 12.7. The van der Waals surface area contributed by atoms with Gasteiger partial charge in [0.25, 0.3) is 21.0 Å². The number of alkyl halides is 3. The van der Waals surface area contributed by atoms with Gasteiger partial charge in [-0.2, -0.15) is 41.2 Å². The lowest BCUT2D eigenvalue weighted by Gasteiger charge is -2.14. The molecule has 21 nitrogen and oxygen atoms in total. The van der Waals surface area contributed by atoms with Crippen molar-refractivity contribution >= 4 is 104 Å². The van der Waals surface area contributed by atoms with Crippen LogP contribution in [0.15, 0.2) is 41.7 Å². The Kier molecular flexibility index (Phi) is 19.1. The molecule has 0 fully saturated rings. The Hall–Kier alpha value is -4.37. The molecule has 0 aliphatic heterocycles. The van der Waals surface area contributed by atoms with Crippen LogP contribution in [0.1, 0.15) is 11.1 Å². The molecule has 3 aromatic heterocycles. The highest BCUT2D eigenvalue weighted by Crippen LogP contribution is 2.39. The fraction of sp³-hybridized carbons (Fsp3) is 0.300. The number of carboxylic acids is 1. The molecule has 0 aliphatic rings. The number of halogens is 7. The number of nitrogen functional groups attached to an aromatic ring is 1. The summed E-state index contributed by atoms with van der Waals surface area (Å²) in [6.07, 6.45) is 2.09. The highest BCUT2D eigenvalue weighted by atomic mass is 35.5. The van der Waals surface area contributed by atoms with E-state index in [4.69, 9.17) is 71.6 Å². The Morgan fingerprint density at radius 2 is 1.64 bits per heavy atom. The van der Waals surface area contributed by atoms with Crippen LogP contribution in [0.4, 0.5) is 30.4 Å². The average Bonchev–Trinajstić information content (AvgIpc) is 3.75. The van der Waals surface area contributed by atoms with E-state index in [2.05, 4.69) is 43.7 Å². The highest BCUT2D eigenvalue weighted by Gasteiger charge is 2.33. The summed E-state index contributed by atoms with van der Waals surface area (Å²) in [6.45, 7) is 1.24. The fourth-order valence-corrected chi connectivity index (χ4v) is 6.58. The van der Waals surface area contributed by atoms with Crippen LogP contribution in [0.25, 0.3) is 11.5 Å². The van der Waals surface area contributed by atoms with Crippen LogP contribution in [-0.2, 0) is 36.5 Å². The number of carbonyl (C=O) groups is 1. The molecule has 5 aromatic rings. The van der Waals surface area contributed by atoms with Gasteiger partial charge in [0, 0.05) is 0 Å².